The van der Waals surface area contributed by atoms with Gasteiger partial charge in [0.25, 0.3) is 5.91 Å². The Morgan fingerprint density at radius 3 is 2.39 bits per heavy atom. The van der Waals surface area contributed by atoms with Gasteiger partial charge in [-0.25, -0.2) is 0 Å². The molecule has 0 atom stereocenters. The fourth-order valence-corrected chi connectivity index (χ4v) is 5.22. The Morgan fingerprint density at radius 1 is 1.00 bits per heavy atom. The van der Waals surface area contributed by atoms with Gasteiger partial charge in [0.2, 0.25) is 0 Å². The van der Waals surface area contributed by atoms with Gasteiger partial charge in [-0.1, -0.05) is 67.7 Å². The Morgan fingerprint density at radius 2 is 1.71 bits per heavy atom. The Hall–Kier alpha value is -2.63. The van der Waals surface area contributed by atoms with Gasteiger partial charge < -0.3 is 4.57 Å². The van der Waals surface area contributed by atoms with Crippen molar-refractivity contribution in [2.75, 3.05) is 4.90 Å². The third kappa shape index (κ3) is 4.39. The minimum Gasteiger partial charge on any atom is -0.318 e. The number of hydrogen-bond acceptors (Lipinski definition) is 3. The van der Waals surface area contributed by atoms with Gasteiger partial charge in [0, 0.05) is 17.1 Å². The summed E-state index contributed by atoms with van der Waals surface area (Å²) in [5.41, 5.74) is 6.63. The first-order chi connectivity index (χ1) is 15.0. The van der Waals surface area contributed by atoms with Crippen LogP contribution >= 0.6 is 24.0 Å². The molecule has 1 fully saturated rings. The highest BCUT2D eigenvalue weighted by atomic mass is 32.2. The number of nitrogens with zero attached hydrogens (tertiary/aromatic N) is 2. The van der Waals surface area contributed by atoms with Crippen molar-refractivity contribution in [3.05, 3.63) is 88.1 Å². The average molecular weight is 447 g/mol. The topological polar surface area (TPSA) is 25.2 Å². The lowest BCUT2D eigenvalue weighted by atomic mass is 10.1. The van der Waals surface area contributed by atoms with Gasteiger partial charge in [-0.3, -0.25) is 9.69 Å². The molecular formula is C26H26N2OS2. The number of para-hydroxylation sites is 1. The SMILES string of the molecule is CCCCc1ccc(-n2c(C)cc(/C=C3/SC(=S)N(c4ccccc4)C3=O)c2C)cc1. The van der Waals surface area contributed by atoms with Crippen LogP contribution < -0.4 is 4.90 Å². The van der Waals surface area contributed by atoms with Crippen molar-refractivity contribution >= 4 is 46.0 Å². The van der Waals surface area contributed by atoms with Gasteiger partial charge in [0.05, 0.1) is 10.6 Å². The van der Waals surface area contributed by atoms with Gasteiger partial charge in [-0.2, -0.15) is 0 Å². The third-order valence-electron chi connectivity index (χ3n) is 5.58. The molecule has 4 rings (SSSR count). The second-order valence-electron chi connectivity index (χ2n) is 7.78. The van der Waals surface area contributed by atoms with Crippen LogP contribution in [0.2, 0.25) is 0 Å². The van der Waals surface area contributed by atoms with E-state index < -0.39 is 0 Å². The number of hydrogen-bond donors (Lipinski definition) is 0. The fourth-order valence-electron chi connectivity index (χ4n) is 3.93. The molecule has 158 valence electrons. The van der Waals surface area contributed by atoms with Crippen molar-refractivity contribution in [1.82, 2.24) is 4.57 Å². The average Bonchev–Trinajstić information content (AvgIpc) is 3.21. The van der Waals surface area contributed by atoms with E-state index in [1.807, 2.05) is 36.4 Å². The molecule has 5 heteroatoms. The van der Waals surface area contributed by atoms with Gasteiger partial charge in [-0.05, 0) is 74.2 Å². The Balaban J connectivity index is 1.62. The van der Waals surface area contributed by atoms with E-state index in [1.54, 1.807) is 4.90 Å². The van der Waals surface area contributed by atoms with E-state index in [-0.39, 0.29) is 5.91 Å². The number of anilines is 1. The molecule has 0 saturated carbocycles. The highest BCUT2D eigenvalue weighted by molar-refractivity contribution is 8.27. The predicted octanol–water partition coefficient (Wildman–Crippen LogP) is 6.84. The summed E-state index contributed by atoms with van der Waals surface area (Å²) in [4.78, 5) is 15.3. The molecule has 0 spiro atoms. The van der Waals surface area contributed by atoms with Gasteiger partial charge in [0.1, 0.15) is 0 Å². The molecule has 0 aliphatic carbocycles. The van der Waals surface area contributed by atoms with Crippen molar-refractivity contribution in [3.8, 4) is 5.69 Å². The normalized spacial score (nSPS) is 15.3. The van der Waals surface area contributed by atoms with Crippen LogP contribution in [0.3, 0.4) is 0 Å². The van der Waals surface area contributed by atoms with Crippen LogP contribution in [0.5, 0.6) is 0 Å². The lowest BCUT2D eigenvalue weighted by molar-refractivity contribution is -0.113. The van der Waals surface area contributed by atoms with E-state index in [0.717, 1.165) is 34.7 Å². The van der Waals surface area contributed by atoms with Crippen LogP contribution in [-0.2, 0) is 11.2 Å². The number of unbranched alkanes of at least 4 members (excludes halogenated alkanes) is 1. The Labute approximate surface area is 193 Å². The number of aromatic nitrogens is 1. The maximum absolute atomic E-state index is 13.1. The largest absolute Gasteiger partial charge is 0.318 e. The van der Waals surface area contributed by atoms with E-state index in [4.69, 9.17) is 12.2 Å². The fraction of sp³-hybridized carbons (Fsp3) is 0.231. The number of aryl methyl sites for hydroxylation is 2. The van der Waals surface area contributed by atoms with E-state index in [1.165, 1.54) is 30.2 Å². The van der Waals surface area contributed by atoms with Crippen LogP contribution in [0.15, 0.2) is 65.6 Å². The summed E-state index contributed by atoms with van der Waals surface area (Å²) in [7, 11) is 0. The molecule has 3 nitrogen and oxygen atoms in total. The summed E-state index contributed by atoms with van der Waals surface area (Å²) in [6, 6.07) is 20.5. The molecule has 0 N–H and O–H groups in total. The summed E-state index contributed by atoms with van der Waals surface area (Å²) < 4.78 is 2.81. The minimum absolute atomic E-state index is 0.0636. The Kier molecular flexibility index (Phi) is 6.44. The minimum atomic E-state index is -0.0636. The second-order valence-corrected chi connectivity index (χ2v) is 9.46. The van der Waals surface area contributed by atoms with Gasteiger partial charge in [-0.15, -0.1) is 0 Å². The molecule has 0 radical (unpaired) electrons. The summed E-state index contributed by atoms with van der Waals surface area (Å²) in [6.45, 7) is 6.42. The predicted molar refractivity (Wildman–Crippen MR) is 136 cm³/mol. The molecule has 1 aliphatic rings. The maximum atomic E-state index is 13.1. The first kappa shape index (κ1) is 21.6. The van der Waals surface area contributed by atoms with Gasteiger partial charge >= 0.3 is 0 Å². The molecule has 2 aromatic carbocycles. The summed E-state index contributed by atoms with van der Waals surface area (Å²) in [5, 5.41) is 0. The second kappa shape index (κ2) is 9.25. The molecule has 31 heavy (non-hydrogen) atoms. The molecule has 2 heterocycles. The monoisotopic (exact) mass is 446 g/mol. The van der Waals surface area contributed by atoms with Gasteiger partial charge in [0.15, 0.2) is 4.32 Å². The summed E-state index contributed by atoms with van der Waals surface area (Å²) in [5.74, 6) is -0.0636. The zero-order valence-electron chi connectivity index (χ0n) is 18.1. The molecule has 1 aliphatic heterocycles. The zero-order valence-corrected chi connectivity index (χ0v) is 19.7. The van der Waals surface area contributed by atoms with Crippen LogP contribution in [0, 0.1) is 13.8 Å². The summed E-state index contributed by atoms with van der Waals surface area (Å²) >= 11 is 6.86. The van der Waals surface area contributed by atoms with Crippen molar-refractivity contribution in [3.63, 3.8) is 0 Å². The molecule has 0 bridgehead atoms. The zero-order chi connectivity index (χ0) is 22.0. The van der Waals surface area contributed by atoms with Crippen molar-refractivity contribution in [2.24, 2.45) is 0 Å². The first-order valence-electron chi connectivity index (χ1n) is 10.6. The Bertz CT molecular complexity index is 1140. The molecule has 1 saturated heterocycles. The molecule has 0 unspecified atom stereocenters. The van der Waals surface area contributed by atoms with Crippen LogP contribution in [-0.4, -0.2) is 14.8 Å². The smallest absolute Gasteiger partial charge is 0.270 e. The third-order valence-corrected chi connectivity index (χ3v) is 6.88. The number of rotatable bonds is 6. The summed E-state index contributed by atoms with van der Waals surface area (Å²) in [6.07, 6.45) is 5.51. The van der Waals surface area contributed by atoms with Crippen LogP contribution in [0.4, 0.5) is 5.69 Å². The van der Waals surface area contributed by atoms with Crippen LogP contribution in [0.25, 0.3) is 11.8 Å². The lowest BCUT2D eigenvalue weighted by Gasteiger charge is -2.13. The number of amides is 1. The van der Waals surface area contributed by atoms with Crippen molar-refractivity contribution < 1.29 is 4.79 Å². The standard InChI is InChI=1S/C26H26N2OS2/c1-4-5-9-20-12-14-23(15-13-20)27-18(2)16-21(19(27)3)17-24-25(29)28(26(30)31-24)22-10-7-6-8-11-22/h6-8,10-17H,4-5,9H2,1-3H3/b24-17+. The van der Waals surface area contributed by atoms with E-state index in [2.05, 4.69) is 55.7 Å². The van der Waals surface area contributed by atoms with Crippen LogP contribution in [0.1, 0.15) is 42.3 Å². The maximum Gasteiger partial charge on any atom is 0.270 e. The molecule has 1 aromatic heterocycles. The number of carbonyl (C=O) groups excluding carboxylic acids is 1. The van der Waals surface area contributed by atoms with Crippen molar-refractivity contribution in [2.45, 2.75) is 40.0 Å². The first-order valence-corrected chi connectivity index (χ1v) is 11.8. The van der Waals surface area contributed by atoms with Crippen molar-refractivity contribution in [1.29, 1.82) is 0 Å². The van der Waals surface area contributed by atoms with E-state index in [0.29, 0.717) is 9.23 Å². The highest BCUT2D eigenvalue weighted by Crippen LogP contribution is 2.36. The number of thiocarbonyl (C=S) groups is 1. The quantitative estimate of drug-likeness (QED) is 0.306. The highest BCUT2D eigenvalue weighted by Gasteiger charge is 2.33. The van der Waals surface area contributed by atoms with E-state index >= 15 is 0 Å². The molecule has 1 amide bonds. The molecular weight excluding hydrogens is 420 g/mol. The number of carbonyl (C=O) groups is 1. The number of thioether (sulfide) groups is 1. The van der Waals surface area contributed by atoms with E-state index in [9.17, 15) is 4.79 Å². The number of benzene rings is 2. The lowest BCUT2D eigenvalue weighted by Crippen LogP contribution is -2.27. The molecule has 3 aromatic rings.